The summed E-state index contributed by atoms with van der Waals surface area (Å²) in [7, 11) is 0. The number of carbonyl (C=O) groups excluding carboxylic acids is 2. The smallest absolute Gasteiger partial charge is 0.309 e. The van der Waals surface area contributed by atoms with Crippen molar-refractivity contribution in [1.29, 1.82) is 0 Å². The Morgan fingerprint density at radius 1 is 1.22 bits per heavy atom. The van der Waals surface area contributed by atoms with Crippen molar-refractivity contribution in [2.45, 2.75) is 52.6 Å². The summed E-state index contributed by atoms with van der Waals surface area (Å²) < 4.78 is 5.53. The van der Waals surface area contributed by atoms with Gasteiger partial charge in [0.05, 0.1) is 5.92 Å². The normalized spacial score (nSPS) is 51.6. The second-order valence-electron chi connectivity index (χ2n) is 6.88. The molecule has 0 aromatic rings. The van der Waals surface area contributed by atoms with Crippen molar-refractivity contribution in [3.05, 3.63) is 0 Å². The minimum atomic E-state index is -0.0359. The van der Waals surface area contributed by atoms with E-state index in [-0.39, 0.29) is 29.3 Å². The number of rotatable bonds is 0. The summed E-state index contributed by atoms with van der Waals surface area (Å²) in [4.78, 5) is 23.6. The lowest BCUT2D eigenvalue weighted by Gasteiger charge is -2.51. The van der Waals surface area contributed by atoms with Gasteiger partial charge in [-0.1, -0.05) is 20.8 Å². The first-order valence-electron chi connectivity index (χ1n) is 7.15. The highest BCUT2D eigenvalue weighted by Gasteiger charge is 2.55. The van der Waals surface area contributed by atoms with E-state index in [4.69, 9.17) is 4.74 Å². The number of fused-ring (bicyclic) bond motifs is 2. The first kappa shape index (κ1) is 12.2. The molecule has 3 rings (SSSR count). The van der Waals surface area contributed by atoms with E-state index in [9.17, 15) is 9.59 Å². The molecule has 0 bridgehead atoms. The van der Waals surface area contributed by atoms with E-state index in [0.29, 0.717) is 24.0 Å². The van der Waals surface area contributed by atoms with Crippen LogP contribution in [0, 0.1) is 29.1 Å². The molecule has 3 fully saturated rings. The molecule has 18 heavy (non-hydrogen) atoms. The van der Waals surface area contributed by atoms with Crippen molar-refractivity contribution in [3.63, 3.8) is 0 Å². The Hall–Kier alpha value is -0.860. The number of Topliss-reactive ketones (excluding diaryl/α,β-unsaturated/α-hetero) is 1. The van der Waals surface area contributed by atoms with E-state index < -0.39 is 0 Å². The molecule has 0 amide bonds. The molecule has 0 N–H and O–H groups in total. The lowest BCUT2D eigenvalue weighted by Crippen LogP contribution is -2.48. The average Bonchev–Trinajstić information content (AvgIpc) is 2.58. The summed E-state index contributed by atoms with van der Waals surface area (Å²) in [6, 6.07) is 0. The molecule has 3 nitrogen and oxygen atoms in total. The van der Waals surface area contributed by atoms with Crippen molar-refractivity contribution in [1.82, 2.24) is 0 Å². The van der Waals surface area contributed by atoms with Crippen LogP contribution in [0.15, 0.2) is 0 Å². The van der Waals surface area contributed by atoms with Crippen LogP contribution in [0.4, 0.5) is 0 Å². The summed E-state index contributed by atoms with van der Waals surface area (Å²) in [5.41, 5.74) is 0.193. The minimum Gasteiger partial charge on any atom is -0.462 e. The van der Waals surface area contributed by atoms with E-state index >= 15 is 0 Å². The SMILES string of the molecule is C[C@@H]1C(=O)CC[C@]2(C)C[C@@H]3OC(=O)[C@H](C)[C@H]3C[C@@H]12. The minimum absolute atomic E-state index is 0.0174. The number of esters is 1. The fraction of sp³-hybridized carbons (Fsp3) is 0.867. The van der Waals surface area contributed by atoms with Crippen molar-refractivity contribution in [2.24, 2.45) is 29.1 Å². The molecule has 2 saturated carbocycles. The monoisotopic (exact) mass is 250 g/mol. The fourth-order valence-corrected chi connectivity index (χ4v) is 4.53. The summed E-state index contributed by atoms with van der Waals surface area (Å²) >= 11 is 0. The maximum Gasteiger partial charge on any atom is 0.309 e. The lowest BCUT2D eigenvalue weighted by molar-refractivity contribution is -0.148. The molecule has 1 aliphatic heterocycles. The molecule has 3 aliphatic rings. The Morgan fingerprint density at radius 3 is 2.67 bits per heavy atom. The standard InChI is InChI=1S/C15H22O3/c1-8-10-6-11-9(2)12(16)4-5-15(11,3)7-13(10)18-14(8)17/h8-11,13H,4-7H2,1-3H3/t8-,9+,10-,11+,13+,15-/m1/s1. The van der Waals surface area contributed by atoms with Crippen LogP contribution in [0.1, 0.15) is 46.5 Å². The Bertz CT molecular complexity index is 403. The highest BCUT2D eigenvalue weighted by molar-refractivity contribution is 5.82. The average molecular weight is 250 g/mol. The molecule has 2 aliphatic carbocycles. The Balaban J connectivity index is 1.89. The van der Waals surface area contributed by atoms with Gasteiger partial charge >= 0.3 is 5.97 Å². The second-order valence-corrected chi connectivity index (χ2v) is 6.88. The predicted molar refractivity (Wildman–Crippen MR) is 66.8 cm³/mol. The molecule has 0 unspecified atom stereocenters. The summed E-state index contributed by atoms with van der Waals surface area (Å²) in [5, 5.41) is 0. The zero-order chi connectivity index (χ0) is 13.1. The Morgan fingerprint density at radius 2 is 1.94 bits per heavy atom. The quantitative estimate of drug-likeness (QED) is 0.621. The van der Waals surface area contributed by atoms with Gasteiger partial charge in [-0.2, -0.15) is 0 Å². The van der Waals surface area contributed by atoms with Crippen molar-refractivity contribution in [3.8, 4) is 0 Å². The van der Waals surface area contributed by atoms with Crippen molar-refractivity contribution in [2.75, 3.05) is 0 Å². The molecule has 0 radical (unpaired) electrons. The summed E-state index contributed by atoms with van der Waals surface area (Å²) in [6.45, 7) is 6.34. The second kappa shape index (κ2) is 3.82. The lowest BCUT2D eigenvalue weighted by atomic mass is 9.53. The molecule has 6 atom stereocenters. The van der Waals surface area contributed by atoms with E-state index in [1.165, 1.54) is 0 Å². The van der Waals surface area contributed by atoms with Gasteiger partial charge in [0.25, 0.3) is 0 Å². The fourth-order valence-electron chi connectivity index (χ4n) is 4.53. The number of hydrogen-bond acceptors (Lipinski definition) is 3. The third-order valence-corrected chi connectivity index (χ3v) is 5.90. The van der Waals surface area contributed by atoms with Gasteiger partial charge in [0.1, 0.15) is 11.9 Å². The topological polar surface area (TPSA) is 43.4 Å². The van der Waals surface area contributed by atoms with Crippen LogP contribution >= 0.6 is 0 Å². The van der Waals surface area contributed by atoms with Gasteiger partial charge in [-0.25, -0.2) is 0 Å². The number of ether oxygens (including phenoxy) is 1. The van der Waals surface area contributed by atoms with Crippen molar-refractivity contribution < 1.29 is 14.3 Å². The molecule has 0 aromatic heterocycles. The molecule has 3 heteroatoms. The summed E-state index contributed by atoms with van der Waals surface area (Å²) in [5.74, 6) is 1.33. The van der Waals surface area contributed by atoms with Crippen LogP contribution in [0.25, 0.3) is 0 Å². The van der Waals surface area contributed by atoms with Crippen LogP contribution in [-0.4, -0.2) is 17.9 Å². The van der Waals surface area contributed by atoms with Crippen LogP contribution < -0.4 is 0 Å². The number of ketones is 1. The zero-order valence-corrected chi connectivity index (χ0v) is 11.4. The molecule has 1 saturated heterocycles. The first-order chi connectivity index (χ1) is 8.42. The Labute approximate surface area is 108 Å². The molecule has 1 heterocycles. The van der Waals surface area contributed by atoms with E-state index in [2.05, 4.69) is 13.8 Å². The van der Waals surface area contributed by atoms with Gasteiger partial charge in [0.15, 0.2) is 0 Å². The van der Waals surface area contributed by atoms with Crippen LogP contribution in [0.5, 0.6) is 0 Å². The largest absolute Gasteiger partial charge is 0.462 e. The van der Waals surface area contributed by atoms with Crippen LogP contribution in [0.2, 0.25) is 0 Å². The maximum atomic E-state index is 11.9. The van der Waals surface area contributed by atoms with Crippen LogP contribution in [-0.2, 0) is 14.3 Å². The summed E-state index contributed by atoms with van der Waals surface area (Å²) in [6.07, 6.45) is 3.72. The van der Waals surface area contributed by atoms with Crippen LogP contribution in [0.3, 0.4) is 0 Å². The number of carbonyl (C=O) groups is 2. The third-order valence-electron chi connectivity index (χ3n) is 5.90. The highest BCUT2D eigenvalue weighted by atomic mass is 16.6. The van der Waals surface area contributed by atoms with E-state index in [0.717, 1.165) is 19.3 Å². The van der Waals surface area contributed by atoms with Gasteiger partial charge in [0, 0.05) is 18.3 Å². The molecule has 100 valence electrons. The number of hydrogen-bond donors (Lipinski definition) is 0. The van der Waals surface area contributed by atoms with Gasteiger partial charge in [-0.05, 0) is 30.6 Å². The van der Waals surface area contributed by atoms with Gasteiger partial charge in [-0.15, -0.1) is 0 Å². The molecular formula is C15H22O3. The highest BCUT2D eigenvalue weighted by Crippen LogP contribution is 2.56. The van der Waals surface area contributed by atoms with Gasteiger partial charge in [0.2, 0.25) is 0 Å². The van der Waals surface area contributed by atoms with Gasteiger partial charge in [-0.3, -0.25) is 9.59 Å². The van der Waals surface area contributed by atoms with Crippen molar-refractivity contribution >= 4 is 11.8 Å². The molecule has 0 spiro atoms. The Kier molecular flexibility index (Phi) is 2.58. The maximum absolute atomic E-state index is 11.9. The molecule has 0 aromatic carbocycles. The molecular weight excluding hydrogens is 228 g/mol. The first-order valence-corrected chi connectivity index (χ1v) is 7.15. The van der Waals surface area contributed by atoms with Gasteiger partial charge < -0.3 is 4.74 Å². The van der Waals surface area contributed by atoms with E-state index in [1.54, 1.807) is 0 Å². The zero-order valence-electron chi connectivity index (χ0n) is 11.4. The predicted octanol–water partition coefficient (Wildman–Crippen LogP) is 2.58. The van der Waals surface area contributed by atoms with E-state index in [1.807, 2.05) is 6.92 Å². The third kappa shape index (κ3) is 1.55.